The Hall–Kier alpha value is -2.37. The van der Waals surface area contributed by atoms with Gasteiger partial charge in [-0.1, -0.05) is 49.7 Å². The minimum Gasteiger partial charge on any atom is -0.350 e. The summed E-state index contributed by atoms with van der Waals surface area (Å²) in [7, 11) is 4.20. The topological polar surface area (TPSA) is 62.6 Å². The maximum Gasteiger partial charge on any atom is 0.251 e. The van der Waals surface area contributed by atoms with Crippen LogP contribution in [0.4, 0.5) is 0 Å². The zero-order chi connectivity index (χ0) is 21.4. The van der Waals surface area contributed by atoms with Gasteiger partial charge >= 0.3 is 0 Å². The second-order valence-corrected chi connectivity index (χ2v) is 8.47. The van der Waals surface area contributed by atoms with Crippen molar-refractivity contribution in [3.8, 4) is 0 Å². The Kier molecular flexibility index (Phi) is 8.68. The highest BCUT2D eigenvalue weighted by atomic mass is 35.5. The zero-order valence-corrected chi connectivity index (χ0v) is 18.3. The van der Waals surface area contributed by atoms with Gasteiger partial charge in [-0.05, 0) is 42.2 Å². The number of hydrogen-bond donors (Lipinski definition) is 3. The Morgan fingerprint density at radius 2 is 1.62 bits per heavy atom. The van der Waals surface area contributed by atoms with Crippen LogP contribution < -0.4 is 15.5 Å². The first-order chi connectivity index (χ1) is 13.8. The maximum absolute atomic E-state index is 12.9. The Morgan fingerprint density at radius 1 is 1.00 bits per heavy atom. The fourth-order valence-electron chi connectivity index (χ4n) is 3.13. The van der Waals surface area contributed by atoms with E-state index < -0.39 is 6.04 Å². The Balaban J connectivity index is 2.05. The molecule has 6 heteroatoms. The molecule has 0 fully saturated rings. The third-order valence-electron chi connectivity index (χ3n) is 4.55. The molecule has 5 nitrogen and oxygen atoms in total. The number of carbonyl (C=O) groups excluding carboxylic acids is 2. The molecule has 2 aromatic rings. The molecular formula is C23H31ClN3O2+. The molecule has 2 amide bonds. The molecular weight excluding hydrogens is 386 g/mol. The minimum absolute atomic E-state index is 0.173. The predicted octanol–water partition coefficient (Wildman–Crippen LogP) is 2.45. The van der Waals surface area contributed by atoms with E-state index in [1.807, 2.05) is 32.0 Å². The smallest absolute Gasteiger partial charge is 0.251 e. The number of amides is 2. The lowest BCUT2D eigenvalue weighted by atomic mass is 10.0. The van der Waals surface area contributed by atoms with Gasteiger partial charge in [-0.2, -0.15) is 0 Å². The molecule has 29 heavy (non-hydrogen) atoms. The van der Waals surface area contributed by atoms with Gasteiger partial charge in [0.25, 0.3) is 5.91 Å². The summed E-state index contributed by atoms with van der Waals surface area (Å²) in [6, 6.07) is 14.1. The van der Waals surface area contributed by atoms with Crippen LogP contribution >= 0.6 is 11.6 Å². The average molecular weight is 417 g/mol. The Labute approximate surface area is 178 Å². The van der Waals surface area contributed by atoms with Crippen molar-refractivity contribution in [3.05, 3.63) is 70.2 Å². The molecule has 0 bridgehead atoms. The van der Waals surface area contributed by atoms with Crippen molar-refractivity contribution in [2.24, 2.45) is 5.92 Å². The van der Waals surface area contributed by atoms with Crippen LogP contribution in [0.15, 0.2) is 48.5 Å². The van der Waals surface area contributed by atoms with Crippen LogP contribution in [0.25, 0.3) is 0 Å². The summed E-state index contributed by atoms with van der Waals surface area (Å²) in [5, 5.41) is 6.43. The lowest BCUT2D eigenvalue weighted by Gasteiger charge is -2.21. The number of quaternary nitrogens is 1. The number of carbonyl (C=O) groups is 2. The molecule has 0 aromatic heterocycles. The molecule has 0 spiro atoms. The molecule has 3 N–H and O–H groups in total. The number of hydrogen-bond acceptors (Lipinski definition) is 2. The quantitative estimate of drug-likeness (QED) is 0.588. The second kappa shape index (κ2) is 11.0. The monoisotopic (exact) mass is 416 g/mol. The molecule has 2 aromatic carbocycles. The molecule has 0 aliphatic carbocycles. The summed E-state index contributed by atoms with van der Waals surface area (Å²) in [5.41, 5.74) is 2.78. The zero-order valence-electron chi connectivity index (χ0n) is 17.6. The van der Waals surface area contributed by atoms with E-state index in [4.69, 9.17) is 11.6 Å². The highest BCUT2D eigenvalue weighted by Gasteiger charge is 2.22. The van der Waals surface area contributed by atoms with Gasteiger partial charge < -0.3 is 15.5 Å². The molecule has 0 saturated heterocycles. The van der Waals surface area contributed by atoms with Crippen molar-refractivity contribution >= 4 is 23.4 Å². The van der Waals surface area contributed by atoms with E-state index in [-0.39, 0.29) is 17.7 Å². The first-order valence-corrected chi connectivity index (χ1v) is 10.3. The summed E-state index contributed by atoms with van der Waals surface area (Å²) in [4.78, 5) is 26.7. The first-order valence-electron chi connectivity index (χ1n) is 9.96. The van der Waals surface area contributed by atoms with Crippen LogP contribution in [0.3, 0.4) is 0 Å². The van der Waals surface area contributed by atoms with E-state index in [2.05, 4.69) is 30.8 Å². The average Bonchev–Trinajstić information content (AvgIpc) is 2.66. The van der Waals surface area contributed by atoms with Crippen LogP contribution in [0.2, 0.25) is 5.02 Å². The summed E-state index contributed by atoms with van der Waals surface area (Å²) < 4.78 is 0. The van der Waals surface area contributed by atoms with Crippen molar-refractivity contribution in [1.82, 2.24) is 10.6 Å². The summed E-state index contributed by atoms with van der Waals surface area (Å²) in [6.07, 6.45) is 0.564. The van der Waals surface area contributed by atoms with Gasteiger partial charge in [-0.3, -0.25) is 9.59 Å². The molecule has 1 atom stereocenters. The van der Waals surface area contributed by atoms with Crippen molar-refractivity contribution < 1.29 is 14.5 Å². The van der Waals surface area contributed by atoms with Crippen LogP contribution in [-0.2, 0) is 17.9 Å². The van der Waals surface area contributed by atoms with Crippen molar-refractivity contribution in [2.75, 3.05) is 14.1 Å². The van der Waals surface area contributed by atoms with Crippen LogP contribution in [0.5, 0.6) is 0 Å². The third kappa shape index (κ3) is 7.52. The molecule has 0 radical (unpaired) electrons. The van der Waals surface area contributed by atoms with Gasteiger partial charge in [0, 0.05) is 22.7 Å². The van der Waals surface area contributed by atoms with Crippen molar-refractivity contribution in [3.63, 3.8) is 0 Å². The second-order valence-electron chi connectivity index (χ2n) is 8.03. The van der Waals surface area contributed by atoms with E-state index in [0.717, 1.165) is 12.1 Å². The number of rotatable bonds is 9. The van der Waals surface area contributed by atoms with Gasteiger partial charge in [-0.25, -0.2) is 0 Å². The highest BCUT2D eigenvalue weighted by Crippen LogP contribution is 2.12. The van der Waals surface area contributed by atoms with E-state index in [1.54, 1.807) is 24.3 Å². The van der Waals surface area contributed by atoms with E-state index >= 15 is 0 Å². The molecule has 0 unspecified atom stereocenters. The lowest BCUT2D eigenvalue weighted by molar-refractivity contribution is -0.872. The Bertz CT molecular complexity index is 819. The van der Waals surface area contributed by atoms with Gasteiger partial charge in [0.2, 0.25) is 5.91 Å². The molecule has 0 aliphatic rings. The van der Waals surface area contributed by atoms with Gasteiger partial charge in [0.05, 0.1) is 14.1 Å². The van der Waals surface area contributed by atoms with Crippen molar-refractivity contribution in [2.45, 2.75) is 39.4 Å². The van der Waals surface area contributed by atoms with Crippen LogP contribution in [-0.4, -0.2) is 32.0 Å². The largest absolute Gasteiger partial charge is 0.350 e. The molecule has 156 valence electrons. The lowest BCUT2D eigenvalue weighted by Crippen LogP contribution is -3.04. The Morgan fingerprint density at radius 3 is 2.21 bits per heavy atom. The van der Waals surface area contributed by atoms with E-state index in [9.17, 15) is 9.59 Å². The molecule has 0 heterocycles. The van der Waals surface area contributed by atoms with Crippen molar-refractivity contribution in [1.29, 1.82) is 0 Å². The third-order valence-corrected chi connectivity index (χ3v) is 4.80. The number of nitrogens with one attached hydrogen (secondary N) is 3. The van der Waals surface area contributed by atoms with E-state index in [1.165, 1.54) is 10.5 Å². The van der Waals surface area contributed by atoms with Crippen LogP contribution in [0.1, 0.15) is 41.8 Å². The normalized spacial score (nSPS) is 12.1. The predicted molar refractivity (Wildman–Crippen MR) is 117 cm³/mol. The number of benzene rings is 2. The van der Waals surface area contributed by atoms with Gasteiger partial charge in [0.1, 0.15) is 12.6 Å². The van der Waals surface area contributed by atoms with Crippen LogP contribution in [0, 0.1) is 5.92 Å². The maximum atomic E-state index is 12.9. The van der Waals surface area contributed by atoms with Gasteiger partial charge in [-0.15, -0.1) is 0 Å². The minimum atomic E-state index is -0.593. The highest BCUT2D eigenvalue weighted by molar-refractivity contribution is 6.30. The SMILES string of the molecule is CC(C)C[C@H](NC(=O)c1ccc(Cl)cc1)C(=O)NCc1ccccc1C[NH+](C)C. The van der Waals surface area contributed by atoms with E-state index in [0.29, 0.717) is 23.6 Å². The number of halogens is 1. The summed E-state index contributed by atoms with van der Waals surface area (Å²) >= 11 is 5.89. The summed E-state index contributed by atoms with van der Waals surface area (Å²) in [6.45, 7) is 5.39. The molecule has 0 aliphatic heterocycles. The standard InChI is InChI=1S/C23H30ClN3O2/c1-16(2)13-21(26-22(28)17-9-11-20(24)12-10-17)23(29)25-14-18-7-5-6-8-19(18)15-27(3)4/h5-12,16,21H,13-15H2,1-4H3,(H,25,29)(H,26,28)/p+1/t21-/m0/s1. The fraction of sp³-hybridized carbons (Fsp3) is 0.391. The summed E-state index contributed by atoms with van der Waals surface area (Å²) in [5.74, 6) is -0.187. The first kappa shape index (κ1) is 22.9. The van der Waals surface area contributed by atoms with Gasteiger partial charge in [0.15, 0.2) is 0 Å². The fourth-order valence-corrected chi connectivity index (χ4v) is 3.26. The molecule has 0 saturated carbocycles. The molecule has 2 rings (SSSR count).